The van der Waals surface area contributed by atoms with E-state index in [1.807, 2.05) is 18.2 Å². The zero-order valence-corrected chi connectivity index (χ0v) is 15.0. The summed E-state index contributed by atoms with van der Waals surface area (Å²) in [6.07, 6.45) is 3.37. The van der Waals surface area contributed by atoms with Crippen LogP contribution in [0, 0.1) is 5.82 Å². The van der Waals surface area contributed by atoms with Gasteiger partial charge in [0.05, 0.1) is 21.3 Å². The molecule has 0 atom stereocenters. The van der Waals surface area contributed by atoms with Gasteiger partial charge in [0.2, 0.25) is 5.91 Å². The van der Waals surface area contributed by atoms with E-state index in [0.717, 1.165) is 5.56 Å². The van der Waals surface area contributed by atoms with Gasteiger partial charge in [-0.05, 0) is 42.3 Å². The molecule has 26 heavy (non-hydrogen) atoms. The largest absolute Gasteiger partial charge is 0.497 e. The molecule has 0 radical (unpaired) electrons. The van der Waals surface area contributed by atoms with Crippen LogP contribution >= 0.6 is 0 Å². The number of carbonyl (C=O) groups is 1. The smallest absolute Gasteiger partial charge is 0.244 e. The van der Waals surface area contributed by atoms with E-state index in [-0.39, 0.29) is 5.91 Å². The Hall–Kier alpha value is -3.02. The van der Waals surface area contributed by atoms with Crippen LogP contribution in [-0.4, -0.2) is 33.8 Å². The minimum Gasteiger partial charge on any atom is -0.497 e. The van der Waals surface area contributed by atoms with Crippen LogP contribution in [0.25, 0.3) is 6.08 Å². The van der Waals surface area contributed by atoms with E-state index in [4.69, 9.17) is 14.2 Å². The highest BCUT2D eigenvalue weighted by Crippen LogP contribution is 2.27. The van der Waals surface area contributed by atoms with Gasteiger partial charge >= 0.3 is 0 Å². The molecule has 0 aliphatic heterocycles. The Morgan fingerprint density at radius 3 is 2.46 bits per heavy atom. The second-order valence-corrected chi connectivity index (χ2v) is 5.45. The predicted octanol–water partition coefficient (Wildman–Crippen LogP) is 3.22. The molecule has 5 nitrogen and oxygen atoms in total. The summed E-state index contributed by atoms with van der Waals surface area (Å²) < 4.78 is 29.2. The molecule has 1 N–H and O–H groups in total. The number of ether oxygens (including phenoxy) is 3. The van der Waals surface area contributed by atoms with Crippen LogP contribution in [0.4, 0.5) is 4.39 Å². The van der Waals surface area contributed by atoms with Gasteiger partial charge in [0, 0.05) is 24.3 Å². The fourth-order valence-corrected chi connectivity index (χ4v) is 2.36. The number of carbonyl (C=O) groups excluding carboxylic acids is 1. The molecule has 2 aromatic carbocycles. The number of methoxy groups -OCH3 is 3. The molecule has 0 bridgehead atoms. The Kier molecular flexibility index (Phi) is 7.02. The standard InChI is InChI=1S/C20H22FNO4/c1-24-16-7-5-15(17(21)13-16)6-9-20(23)22-11-10-14-4-8-18(25-2)19(12-14)26-3/h4-9,12-13H,10-11H2,1-3H3,(H,22,23)/b9-6+. The molecule has 0 saturated carbocycles. The van der Waals surface area contributed by atoms with Crippen molar-refractivity contribution in [3.8, 4) is 17.2 Å². The maximum absolute atomic E-state index is 13.8. The van der Waals surface area contributed by atoms with Crippen molar-refractivity contribution in [3.63, 3.8) is 0 Å². The lowest BCUT2D eigenvalue weighted by Crippen LogP contribution is -2.23. The number of benzene rings is 2. The second-order valence-electron chi connectivity index (χ2n) is 5.45. The highest BCUT2D eigenvalue weighted by molar-refractivity contribution is 5.91. The van der Waals surface area contributed by atoms with Gasteiger partial charge in [0.15, 0.2) is 11.5 Å². The minimum atomic E-state index is -0.446. The summed E-state index contributed by atoms with van der Waals surface area (Å²) in [5.74, 6) is 0.995. The van der Waals surface area contributed by atoms with Crippen molar-refractivity contribution >= 4 is 12.0 Å². The van der Waals surface area contributed by atoms with Crippen LogP contribution in [0.3, 0.4) is 0 Å². The molecule has 0 saturated heterocycles. The molecule has 2 aromatic rings. The summed E-state index contributed by atoms with van der Waals surface area (Å²) in [7, 11) is 4.62. The zero-order valence-electron chi connectivity index (χ0n) is 15.0. The molecule has 1 amide bonds. The quantitative estimate of drug-likeness (QED) is 0.736. The van der Waals surface area contributed by atoms with E-state index in [1.165, 1.54) is 25.3 Å². The first-order chi connectivity index (χ1) is 12.6. The lowest BCUT2D eigenvalue weighted by molar-refractivity contribution is -0.116. The average molecular weight is 359 g/mol. The molecular formula is C20H22FNO4. The Bertz CT molecular complexity index is 789. The normalized spacial score (nSPS) is 10.6. The summed E-state index contributed by atoms with van der Waals surface area (Å²) in [6, 6.07) is 10.1. The molecule has 0 aliphatic carbocycles. The first-order valence-corrected chi connectivity index (χ1v) is 8.07. The second kappa shape index (κ2) is 9.46. The highest BCUT2D eigenvalue weighted by Gasteiger charge is 2.05. The molecule has 0 spiro atoms. The number of nitrogens with one attached hydrogen (secondary N) is 1. The van der Waals surface area contributed by atoms with Gasteiger partial charge in [-0.3, -0.25) is 4.79 Å². The van der Waals surface area contributed by atoms with Crippen molar-refractivity contribution in [2.75, 3.05) is 27.9 Å². The molecule has 0 heterocycles. The molecule has 6 heteroatoms. The number of hydrogen-bond donors (Lipinski definition) is 1. The number of amides is 1. The van der Waals surface area contributed by atoms with E-state index >= 15 is 0 Å². The van der Waals surface area contributed by atoms with Crippen LogP contribution in [0.2, 0.25) is 0 Å². The maximum Gasteiger partial charge on any atom is 0.244 e. The lowest BCUT2D eigenvalue weighted by atomic mass is 10.1. The Balaban J connectivity index is 1.87. The minimum absolute atomic E-state index is 0.291. The highest BCUT2D eigenvalue weighted by atomic mass is 19.1. The number of hydrogen-bond acceptors (Lipinski definition) is 4. The maximum atomic E-state index is 13.8. The number of halogens is 1. The Morgan fingerprint density at radius 2 is 1.81 bits per heavy atom. The third-order valence-electron chi connectivity index (χ3n) is 3.78. The van der Waals surface area contributed by atoms with Crippen LogP contribution in [0.5, 0.6) is 17.2 Å². The van der Waals surface area contributed by atoms with Crippen molar-refractivity contribution in [2.24, 2.45) is 0 Å². The van der Waals surface area contributed by atoms with Crippen LogP contribution in [0.15, 0.2) is 42.5 Å². The summed E-state index contributed by atoms with van der Waals surface area (Å²) in [4.78, 5) is 11.9. The zero-order chi connectivity index (χ0) is 18.9. The van der Waals surface area contributed by atoms with Gasteiger partial charge in [-0.25, -0.2) is 4.39 Å². The summed E-state index contributed by atoms with van der Waals surface area (Å²) in [5, 5.41) is 2.76. The predicted molar refractivity (Wildman–Crippen MR) is 98.2 cm³/mol. The van der Waals surface area contributed by atoms with Gasteiger partial charge in [-0.1, -0.05) is 6.07 Å². The van der Waals surface area contributed by atoms with Gasteiger partial charge < -0.3 is 19.5 Å². The molecule has 138 valence electrons. The van der Waals surface area contributed by atoms with E-state index in [9.17, 15) is 9.18 Å². The summed E-state index contributed by atoms with van der Waals surface area (Å²) in [6.45, 7) is 0.448. The topological polar surface area (TPSA) is 56.8 Å². The van der Waals surface area contributed by atoms with Crippen LogP contribution in [-0.2, 0) is 11.2 Å². The third kappa shape index (κ3) is 5.24. The van der Waals surface area contributed by atoms with Gasteiger partial charge in [-0.2, -0.15) is 0 Å². The van der Waals surface area contributed by atoms with Crippen molar-refractivity contribution in [1.82, 2.24) is 5.32 Å². The first kappa shape index (κ1) is 19.3. The Morgan fingerprint density at radius 1 is 1.04 bits per heavy atom. The molecule has 0 unspecified atom stereocenters. The van der Waals surface area contributed by atoms with Crippen molar-refractivity contribution < 1.29 is 23.4 Å². The van der Waals surface area contributed by atoms with Gasteiger partial charge in [0.25, 0.3) is 0 Å². The summed E-state index contributed by atoms with van der Waals surface area (Å²) in [5.41, 5.74) is 1.33. The van der Waals surface area contributed by atoms with Crippen molar-refractivity contribution in [2.45, 2.75) is 6.42 Å². The fourth-order valence-electron chi connectivity index (χ4n) is 2.36. The van der Waals surface area contributed by atoms with E-state index in [2.05, 4.69) is 5.32 Å². The Labute approximate surface area is 152 Å². The molecule has 0 aliphatic rings. The third-order valence-corrected chi connectivity index (χ3v) is 3.78. The number of rotatable bonds is 8. The summed E-state index contributed by atoms with van der Waals surface area (Å²) >= 11 is 0. The monoisotopic (exact) mass is 359 g/mol. The molecule has 0 aromatic heterocycles. The molecule has 0 fully saturated rings. The SMILES string of the molecule is COc1ccc(/C=C/C(=O)NCCc2ccc(OC)c(OC)c2)c(F)c1. The average Bonchev–Trinajstić information content (AvgIpc) is 2.66. The first-order valence-electron chi connectivity index (χ1n) is 8.07. The van der Waals surface area contributed by atoms with Crippen molar-refractivity contribution in [3.05, 3.63) is 59.4 Å². The fraction of sp³-hybridized carbons (Fsp3) is 0.250. The van der Waals surface area contributed by atoms with Crippen LogP contribution < -0.4 is 19.5 Å². The van der Waals surface area contributed by atoms with Crippen molar-refractivity contribution in [1.29, 1.82) is 0 Å². The molecular weight excluding hydrogens is 337 g/mol. The van der Waals surface area contributed by atoms with E-state index in [1.54, 1.807) is 26.4 Å². The van der Waals surface area contributed by atoms with Gasteiger partial charge in [0.1, 0.15) is 11.6 Å². The van der Waals surface area contributed by atoms with Gasteiger partial charge in [-0.15, -0.1) is 0 Å². The molecule has 2 rings (SSSR count). The van der Waals surface area contributed by atoms with Crippen LogP contribution in [0.1, 0.15) is 11.1 Å². The lowest BCUT2D eigenvalue weighted by Gasteiger charge is -2.09. The van der Waals surface area contributed by atoms with E-state index < -0.39 is 5.82 Å². The van der Waals surface area contributed by atoms with E-state index in [0.29, 0.717) is 35.8 Å².